The van der Waals surface area contributed by atoms with Gasteiger partial charge in [0.15, 0.2) is 0 Å². The molecule has 222 valence electrons. The summed E-state index contributed by atoms with van der Waals surface area (Å²) in [6.07, 6.45) is -6.99. The van der Waals surface area contributed by atoms with E-state index in [9.17, 15) is 35.9 Å². The number of hydrogen-bond donors (Lipinski definition) is 2. The predicted molar refractivity (Wildman–Crippen MR) is 150 cm³/mol. The van der Waals surface area contributed by atoms with Crippen LogP contribution in [0.2, 0.25) is 0 Å². The lowest BCUT2D eigenvalue weighted by Crippen LogP contribution is -2.23. The molecule has 12 heteroatoms. The van der Waals surface area contributed by atoms with Crippen LogP contribution in [0.15, 0.2) is 83.9 Å². The van der Waals surface area contributed by atoms with Crippen molar-refractivity contribution in [3.05, 3.63) is 106 Å². The number of pyridine rings is 2. The molecule has 3 aromatic heterocycles. The SMILES string of the molecule is Cn1cc(CC(F)(F)F)c2[nH]c(-c3ccnc(NC(=O)[C@H](CC(F)F)c4ccc(F)cc4)c3)c(-c3ccccc3)c2c1=O. The first kappa shape index (κ1) is 29.6. The number of alkyl halides is 5. The number of aromatic amines is 1. The fraction of sp³-hybridized carbons (Fsp3) is 0.194. The first-order valence-electron chi connectivity index (χ1n) is 13.1. The summed E-state index contributed by atoms with van der Waals surface area (Å²) < 4.78 is 81.7. The highest BCUT2D eigenvalue weighted by molar-refractivity contribution is 6.05. The number of nitrogens with zero attached hydrogens (tertiary/aromatic N) is 2. The minimum absolute atomic E-state index is 0.0185. The molecule has 3 heterocycles. The third-order valence-corrected chi connectivity index (χ3v) is 6.96. The lowest BCUT2D eigenvalue weighted by Gasteiger charge is -2.17. The van der Waals surface area contributed by atoms with Gasteiger partial charge in [-0.05, 0) is 35.4 Å². The molecule has 6 nitrogen and oxygen atoms in total. The van der Waals surface area contributed by atoms with E-state index in [2.05, 4.69) is 15.3 Å². The summed E-state index contributed by atoms with van der Waals surface area (Å²) in [5, 5.41) is 2.58. The van der Waals surface area contributed by atoms with Crippen LogP contribution in [0.3, 0.4) is 0 Å². The Bertz CT molecular complexity index is 1830. The molecule has 5 aromatic rings. The Balaban J connectivity index is 1.62. The second kappa shape index (κ2) is 11.8. The number of halogens is 6. The van der Waals surface area contributed by atoms with Gasteiger partial charge in [0.25, 0.3) is 5.56 Å². The maximum atomic E-state index is 13.5. The molecular weight excluding hydrogens is 574 g/mol. The number of carbonyl (C=O) groups excluding carboxylic acids is 1. The Morgan fingerprint density at radius 1 is 1.02 bits per heavy atom. The second-order valence-electron chi connectivity index (χ2n) is 10.0. The number of H-pyrrole nitrogens is 1. The summed E-state index contributed by atoms with van der Waals surface area (Å²) in [6, 6.07) is 16.2. The van der Waals surface area contributed by atoms with Gasteiger partial charge in [-0.3, -0.25) is 9.59 Å². The lowest BCUT2D eigenvalue weighted by atomic mass is 9.95. The number of rotatable bonds is 8. The zero-order chi connectivity index (χ0) is 30.9. The molecule has 0 saturated heterocycles. The molecule has 2 N–H and O–H groups in total. The molecular formula is C31H24F6N4O2. The fourth-order valence-electron chi connectivity index (χ4n) is 5.08. The minimum atomic E-state index is -4.55. The number of benzene rings is 2. The van der Waals surface area contributed by atoms with Gasteiger partial charge in [0.1, 0.15) is 11.6 Å². The molecule has 0 spiro atoms. The van der Waals surface area contributed by atoms with E-state index in [1.165, 1.54) is 37.5 Å². The molecule has 0 radical (unpaired) electrons. The average molecular weight is 599 g/mol. The number of amides is 1. The molecule has 1 amide bonds. The molecule has 0 aliphatic heterocycles. The van der Waals surface area contributed by atoms with E-state index in [0.29, 0.717) is 22.4 Å². The van der Waals surface area contributed by atoms with E-state index in [0.717, 1.165) is 22.9 Å². The second-order valence-corrected chi connectivity index (χ2v) is 10.0. The average Bonchev–Trinajstić information content (AvgIpc) is 3.36. The Morgan fingerprint density at radius 3 is 2.37 bits per heavy atom. The van der Waals surface area contributed by atoms with E-state index in [1.807, 2.05) is 0 Å². The van der Waals surface area contributed by atoms with Gasteiger partial charge in [-0.2, -0.15) is 13.2 Å². The first-order valence-corrected chi connectivity index (χ1v) is 13.1. The summed E-state index contributed by atoms with van der Waals surface area (Å²) in [6.45, 7) is 0. The van der Waals surface area contributed by atoms with Gasteiger partial charge in [-0.1, -0.05) is 42.5 Å². The van der Waals surface area contributed by atoms with Crippen LogP contribution in [-0.2, 0) is 18.3 Å². The molecule has 0 saturated carbocycles. The molecule has 0 aliphatic rings. The van der Waals surface area contributed by atoms with Crippen molar-refractivity contribution in [3.63, 3.8) is 0 Å². The maximum Gasteiger partial charge on any atom is 0.393 e. The van der Waals surface area contributed by atoms with Gasteiger partial charge in [0.05, 0.1) is 28.9 Å². The lowest BCUT2D eigenvalue weighted by molar-refractivity contribution is -0.127. The third-order valence-electron chi connectivity index (χ3n) is 6.96. The highest BCUT2D eigenvalue weighted by atomic mass is 19.4. The van der Waals surface area contributed by atoms with Crippen LogP contribution in [0.1, 0.15) is 23.5 Å². The quantitative estimate of drug-likeness (QED) is 0.185. The summed E-state index contributed by atoms with van der Waals surface area (Å²) >= 11 is 0. The minimum Gasteiger partial charge on any atom is -0.354 e. The zero-order valence-electron chi connectivity index (χ0n) is 22.6. The van der Waals surface area contributed by atoms with Crippen molar-refractivity contribution in [1.29, 1.82) is 0 Å². The summed E-state index contributed by atoms with van der Waals surface area (Å²) in [5.41, 5.74) is 1.13. The maximum absolute atomic E-state index is 13.5. The summed E-state index contributed by atoms with van der Waals surface area (Å²) in [4.78, 5) is 33.6. The van der Waals surface area contributed by atoms with Gasteiger partial charge in [0.2, 0.25) is 12.3 Å². The number of fused-ring (bicyclic) bond motifs is 1. The molecule has 0 aliphatic carbocycles. The van der Waals surface area contributed by atoms with Crippen LogP contribution in [0.5, 0.6) is 0 Å². The molecule has 2 aromatic carbocycles. The molecule has 5 rings (SSSR count). The fourth-order valence-corrected chi connectivity index (χ4v) is 5.08. The normalized spacial score (nSPS) is 12.6. The van der Waals surface area contributed by atoms with E-state index in [4.69, 9.17) is 0 Å². The van der Waals surface area contributed by atoms with Gasteiger partial charge >= 0.3 is 6.18 Å². The van der Waals surface area contributed by atoms with Crippen LogP contribution >= 0.6 is 0 Å². The van der Waals surface area contributed by atoms with Gasteiger partial charge < -0.3 is 14.9 Å². The first-order chi connectivity index (χ1) is 20.4. The number of aryl methyl sites for hydroxylation is 1. The molecule has 1 atom stereocenters. The third kappa shape index (κ3) is 6.47. The van der Waals surface area contributed by atoms with Crippen molar-refractivity contribution < 1.29 is 31.1 Å². The van der Waals surface area contributed by atoms with Crippen molar-refractivity contribution >= 4 is 22.6 Å². The van der Waals surface area contributed by atoms with Crippen molar-refractivity contribution in [2.75, 3.05) is 5.32 Å². The van der Waals surface area contributed by atoms with Gasteiger partial charge in [-0.15, -0.1) is 0 Å². The van der Waals surface area contributed by atoms with Gasteiger partial charge in [-0.25, -0.2) is 18.2 Å². The summed E-state index contributed by atoms with van der Waals surface area (Å²) in [5.74, 6) is -2.73. The standard InChI is InChI=1S/C31H24F6N4O2/c1-41-16-20(15-31(35,36)37)28-26(30(41)43)25(18-5-3-2-4-6-18)27(40-28)19-11-12-38-24(13-19)39-29(42)22(14-23(33)34)17-7-9-21(32)10-8-17/h2-13,16,22-23,40H,14-15H2,1H3,(H,38,39,42)/t22-/m1/s1. The Kier molecular flexibility index (Phi) is 8.12. The van der Waals surface area contributed by atoms with Crippen LogP contribution < -0.4 is 10.9 Å². The highest BCUT2D eigenvalue weighted by Crippen LogP contribution is 2.39. The van der Waals surface area contributed by atoms with Gasteiger partial charge in [0, 0.05) is 42.6 Å². The van der Waals surface area contributed by atoms with Crippen LogP contribution in [0, 0.1) is 5.82 Å². The number of nitrogens with one attached hydrogen (secondary N) is 2. The Hall–Kier alpha value is -4.87. The monoisotopic (exact) mass is 598 g/mol. The largest absolute Gasteiger partial charge is 0.393 e. The van der Waals surface area contributed by atoms with Crippen LogP contribution in [-0.4, -0.2) is 33.0 Å². The topological polar surface area (TPSA) is 79.8 Å². The number of anilines is 1. The Morgan fingerprint density at radius 2 is 1.72 bits per heavy atom. The van der Waals surface area contributed by atoms with E-state index >= 15 is 0 Å². The number of hydrogen-bond acceptors (Lipinski definition) is 3. The van der Waals surface area contributed by atoms with Crippen molar-refractivity contribution in [2.45, 2.75) is 31.4 Å². The predicted octanol–water partition coefficient (Wildman–Crippen LogP) is 7.22. The molecule has 0 unspecified atom stereocenters. The molecule has 0 fully saturated rings. The Labute approximate surface area is 241 Å². The zero-order valence-corrected chi connectivity index (χ0v) is 22.6. The van der Waals surface area contributed by atoms with Crippen molar-refractivity contribution in [2.24, 2.45) is 7.05 Å². The van der Waals surface area contributed by atoms with Crippen LogP contribution in [0.4, 0.5) is 32.2 Å². The molecule has 0 bridgehead atoms. The number of carbonyl (C=O) groups is 1. The van der Waals surface area contributed by atoms with Crippen molar-refractivity contribution in [3.8, 4) is 22.4 Å². The van der Waals surface area contributed by atoms with E-state index < -0.39 is 48.6 Å². The number of aromatic nitrogens is 3. The summed E-state index contributed by atoms with van der Waals surface area (Å²) in [7, 11) is 1.38. The van der Waals surface area contributed by atoms with E-state index in [-0.39, 0.29) is 27.8 Å². The van der Waals surface area contributed by atoms with Crippen LogP contribution in [0.25, 0.3) is 33.3 Å². The smallest absolute Gasteiger partial charge is 0.354 e. The van der Waals surface area contributed by atoms with Crippen molar-refractivity contribution in [1.82, 2.24) is 14.5 Å². The molecule has 43 heavy (non-hydrogen) atoms. The van der Waals surface area contributed by atoms with E-state index in [1.54, 1.807) is 30.3 Å². The highest BCUT2D eigenvalue weighted by Gasteiger charge is 2.31.